The highest BCUT2D eigenvalue weighted by Crippen LogP contribution is 2.34. The van der Waals surface area contributed by atoms with E-state index in [1.54, 1.807) is 0 Å². The Morgan fingerprint density at radius 2 is 0.950 bits per heavy atom. The number of phenols is 2. The molecule has 0 saturated carbocycles. The number of nitrogens with two attached hydrogens (primary N) is 2. The quantitative estimate of drug-likeness (QED) is 0.521. The smallest absolute Gasteiger partial charge is 0.136 e. The Morgan fingerprint density at radius 1 is 0.650 bits per heavy atom. The first-order valence-electron chi connectivity index (χ1n) is 5.10. The second-order valence-corrected chi connectivity index (χ2v) is 5.16. The largest absolute Gasteiger partial charge is 0.506 e. The molecule has 8 heteroatoms. The Hall–Kier alpha value is -1.20. The van der Waals surface area contributed by atoms with Gasteiger partial charge in [-0.1, -0.05) is 46.4 Å². The predicted molar refractivity (Wildman–Crippen MR) is 85.1 cm³/mol. The number of anilines is 2. The molecule has 0 aliphatic rings. The van der Waals surface area contributed by atoms with E-state index in [-0.39, 0.29) is 32.9 Å². The molecule has 0 fully saturated rings. The molecule has 20 heavy (non-hydrogen) atoms. The van der Waals surface area contributed by atoms with Crippen molar-refractivity contribution in [2.75, 3.05) is 11.5 Å². The van der Waals surface area contributed by atoms with E-state index in [9.17, 15) is 0 Å². The van der Waals surface area contributed by atoms with Crippen molar-refractivity contribution in [3.05, 3.63) is 44.4 Å². The van der Waals surface area contributed by atoms with Crippen molar-refractivity contribution >= 4 is 57.8 Å². The standard InChI is InChI=1S/2C6H5Cl2NO/c2*7-3-1-2-4(10)5(8)6(3)9/h2*1-2,10H,9H2. The molecule has 0 radical (unpaired) electrons. The van der Waals surface area contributed by atoms with Gasteiger partial charge in [0, 0.05) is 0 Å². The molecule has 4 nitrogen and oxygen atoms in total. The molecule has 108 valence electrons. The van der Waals surface area contributed by atoms with Crippen LogP contribution in [0.15, 0.2) is 24.3 Å². The van der Waals surface area contributed by atoms with Crippen LogP contribution in [0.1, 0.15) is 0 Å². The zero-order valence-electron chi connectivity index (χ0n) is 9.87. The lowest BCUT2D eigenvalue weighted by molar-refractivity contribution is 0.475. The summed E-state index contributed by atoms with van der Waals surface area (Å²) in [5, 5.41) is 18.8. The molecule has 0 unspecified atom stereocenters. The van der Waals surface area contributed by atoms with Gasteiger partial charge in [0.2, 0.25) is 0 Å². The van der Waals surface area contributed by atoms with Gasteiger partial charge in [0.25, 0.3) is 0 Å². The summed E-state index contributed by atoms with van der Waals surface area (Å²) in [4.78, 5) is 0. The van der Waals surface area contributed by atoms with Gasteiger partial charge in [0.15, 0.2) is 0 Å². The number of aromatic hydroxyl groups is 2. The lowest BCUT2D eigenvalue weighted by Gasteiger charge is -2.01. The normalized spacial score (nSPS) is 9.80. The van der Waals surface area contributed by atoms with E-state index < -0.39 is 0 Å². The summed E-state index contributed by atoms with van der Waals surface area (Å²) in [6.45, 7) is 0. The molecule has 0 bridgehead atoms. The lowest BCUT2D eigenvalue weighted by atomic mass is 10.3. The minimum atomic E-state index is -0.0523. The zero-order chi connectivity index (χ0) is 15.4. The Morgan fingerprint density at radius 3 is 1.20 bits per heavy atom. The average Bonchev–Trinajstić information content (AvgIpc) is 2.43. The van der Waals surface area contributed by atoms with Crippen molar-refractivity contribution in [3.63, 3.8) is 0 Å². The minimum Gasteiger partial charge on any atom is -0.506 e. The van der Waals surface area contributed by atoms with Gasteiger partial charge in [0.05, 0.1) is 21.4 Å². The minimum absolute atomic E-state index is 0.0523. The van der Waals surface area contributed by atoms with Crippen LogP contribution < -0.4 is 11.5 Å². The van der Waals surface area contributed by atoms with Gasteiger partial charge in [-0.25, -0.2) is 0 Å². The Labute approximate surface area is 135 Å². The van der Waals surface area contributed by atoms with Crippen molar-refractivity contribution in [3.8, 4) is 11.5 Å². The van der Waals surface area contributed by atoms with Crippen molar-refractivity contribution in [2.24, 2.45) is 0 Å². The van der Waals surface area contributed by atoms with Gasteiger partial charge in [-0.15, -0.1) is 0 Å². The second-order valence-electron chi connectivity index (χ2n) is 3.59. The number of nitrogen functional groups attached to an aromatic ring is 2. The maximum absolute atomic E-state index is 8.95. The van der Waals surface area contributed by atoms with Gasteiger partial charge in [-0.2, -0.15) is 0 Å². The van der Waals surface area contributed by atoms with E-state index in [4.69, 9.17) is 68.1 Å². The van der Waals surface area contributed by atoms with Crippen LogP contribution in [0, 0.1) is 0 Å². The molecule has 0 heterocycles. The Kier molecular flexibility index (Phi) is 5.89. The fourth-order valence-corrected chi connectivity index (χ4v) is 1.86. The summed E-state index contributed by atoms with van der Waals surface area (Å²) in [7, 11) is 0. The van der Waals surface area contributed by atoms with Crippen LogP contribution in [-0.4, -0.2) is 10.2 Å². The first kappa shape index (κ1) is 16.9. The van der Waals surface area contributed by atoms with Crippen LogP contribution in [0.5, 0.6) is 11.5 Å². The molecular weight excluding hydrogens is 346 g/mol. The molecule has 2 aromatic rings. The highest BCUT2D eigenvalue weighted by atomic mass is 35.5. The fourth-order valence-electron chi connectivity index (χ4n) is 1.12. The zero-order valence-corrected chi connectivity index (χ0v) is 12.9. The summed E-state index contributed by atoms with van der Waals surface area (Å²) in [6.07, 6.45) is 0. The van der Waals surface area contributed by atoms with Crippen molar-refractivity contribution in [1.29, 1.82) is 0 Å². The van der Waals surface area contributed by atoms with Crippen molar-refractivity contribution < 1.29 is 10.2 Å². The maximum Gasteiger partial charge on any atom is 0.136 e. The van der Waals surface area contributed by atoms with E-state index in [2.05, 4.69) is 0 Å². The molecule has 0 saturated heterocycles. The van der Waals surface area contributed by atoms with Crippen LogP contribution in [0.3, 0.4) is 0 Å². The average molecular weight is 356 g/mol. The van der Waals surface area contributed by atoms with Crippen LogP contribution in [0.2, 0.25) is 20.1 Å². The van der Waals surface area contributed by atoms with Gasteiger partial charge in [0.1, 0.15) is 21.5 Å². The summed E-state index contributed by atoms with van der Waals surface area (Å²) < 4.78 is 0. The van der Waals surface area contributed by atoms with E-state index in [1.807, 2.05) is 0 Å². The van der Waals surface area contributed by atoms with Crippen LogP contribution in [0.25, 0.3) is 0 Å². The topological polar surface area (TPSA) is 92.5 Å². The van der Waals surface area contributed by atoms with Crippen LogP contribution >= 0.6 is 46.4 Å². The van der Waals surface area contributed by atoms with E-state index in [0.717, 1.165) is 0 Å². The van der Waals surface area contributed by atoms with E-state index in [0.29, 0.717) is 10.0 Å². The SMILES string of the molecule is Nc1c(Cl)ccc(O)c1Cl.Nc1c(Cl)ccc(O)c1Cl. The molecular formula is C12H10Cl4N2O2. The van der Waals surface area contributed by atoms with E-state index >= 15 is 0 Å². The highest BCUT2D eigenvalue weighted by Gasteiger charge is 2.05. The molecule has 0 aliphatic heterocycles. The third-order valence-corrected chi connectivity index (χ3v) is 3.67. The summed E-state index contributed by atoms with van der Waals surface area (Å²) in [5.74, 6) is -0.105. The number of hydrogen-bond donors (Lipinski definition) is 4. The number of benzene rings is 2. The monoisotopic (exact) mass is 354 g/mol. The van der Waals surface area contributed by atoms with Gasteiger partial charge in [-0.05, 0) is 24.3 Å². The van der Waals surface area contributed by atoms with Crippen molar-refractivity contribution in [2.45, 2.75) is 0 Å². The lowest BCUT2D eigenvalue weighted by Crippen LogP contribution is -1.86. The summed E-state index contributed by atoms with van der Waals surface area (Å²) in [6, 6.07) is 5.75. The van der Waals surface area contributed by atoms with Crippen molar-refractivity contribution in [1.82, 2.24) is 0 Å². The van der Waals surface area contributed by atoms with Crippen LogP contribution in [0.4, 0.5) is 11.4 Å². The van der Waals surface area contributed by atoms with Gasteiger partial charge >= 0.3 is 0 Å². The fraction of sp³-hybridized carbons (Fsp3) is 0. The molecule has 0 spiro atoms. The van der Waals surface area contributed by atoms with Crippen LogP contribution in [-0.2, 0) is 0 Å². The predicted octanol–water partition coefficient (Wildman–Crippen LogP) is 4.56. The number of hydrogen-bond acceptors (Lipinski definition) is 4. The van der Waals surface area contributed by atoms with Gasteiger partial charge in [-0.3, -0.25) is 0 Å². The number of phenolic OH excluding ortho intramolecular Hbond substituents is 2. The molecule has 2 rings (SSSR count). The highest BCUT2D eigenvalue weighted by molar-refractivity contribution is 6.40. The third kappa shape index (κ3) is 3.90. The molecule has 0 atom stereocenters. The molecule has 0 aliphatic carbocycles. The molecule has 6 N–H and O–H groups in total. The summed E-state index contributed by atoms with van der Waals surface area (Å²) in [5.41, 5.74) is 11.1. The first-order chi connectivity index (χ1) is 9.25. The summed E-state index contributed by atoms with van der Waals surface area (Å²) >= 11 is 22.2. The van der Waals surface area contributed by atoms with Gasteiger partial charge < -0.3 is 21.7 Å². The first-order valence-corrected chi connectivity index (χ1v) is 6.61. The van der Waals surface area contributed by atoms with E-state index in [1.165, 1.54) is 24.3 Å². The number of rotatable bonds is 0. The second kappa shape index (κ2) is 6.99. The molecule has 0 amide bonds. The third-order valence-electron chi connectivity index (χ3n) is 2.21. The molecule has 0 aromatic heterocycles. The Bertz CT molecular complexity index is 526. The Balaban J connectivity index is 0.000000200. The molecule has 2 aromatic carbocycles. The maximum atomic E-state index is 8.95. The number of halogens is 4.